The Morgan fingerprint density at radius 2 is 1.45 bits per heavy atom. The van der Waals surface area contributed by atoms with E-state index in [0.717, 1.165) is 43.9 Å². The summed E-state index contributed by atoms with van der Waals surface area (Å²) >= 11 is 0. The molecule has 2 heterocycles. The molecule has 4 aromatic carbocycles. The van der Waals surface area contributed by atoms with Crippen LogP contribution < -0.4 is 0 Å². The number of hydrogen-bond donors (Lipinski definition) is 0. The number of nitriles is 1. The van der Waals surface area contributed by atoms with Gasteiger partial charge in [0.1, 0.15) is 0 Å². The molecule has 33 heavy (non-hydrogen) atoms. The van der Waals surface area contributed by atoms with E-state index in [4.69, 9.17) is 6.57 Å². The third-order valence-corrected chi connectivity index (χ3v) is 6.27. The zero-order chi connectivity index (χ0) is 22.5. The predicted molar refractivity (Wildman–Crippen MR) is 136 cm³/mol. The Morgan fingerprint density at radius 3 is 2.18 bits per heavy atom. The summed E-state index contributed by atoms with van der Waals surface area (Å²) in [7, 11) is 0. The minimum Gasteiger partial charge on any atom is -0.319 e. The molecule has 4 nitrogen and oxygen atoms in total. The van der Waals surface area contributed by atoms with E-state index in [9.17, 15) is 5.26 Å². The molecule has 0 radical (unpaired) electrons. The maximum absolute atomic E-state index is 9.52. The lowest BCUT2D eigenvalue weighted by Crippen LogP contribution is -1.95. The minimum atomic E-state index is 0.521. The van der Waals surface area contributed by atoms with Crippen LogP contribution >= 0.6 is 0 Å². The van der Waals surface area contributed by atoms with Gasteiger partial charge in [-0.3, -0.25) is 0 Å². The Labute approximate surface area is 190 Å². The average molecular weight is 422 g/mol. The van der Waals surface area contributed by atoms with Crippen molar-refractivity contribution >= 4 is 55.5 Å². The van der Waals surface area contributed by atoms with Crippen molar-refractivity contribution in [1.82, 2.24) is 9.13 Å². The van der Waals surface area contributed by atoms with Crippen molar-refractivity contribution in [3.05, 3.63) is 102 Å². The molecular weight excluding hydrogens is 404 g/mol. The molecule has 0 fully saturated rings. The molecule has 0 aliphatic heterocycles. The highest BCUT2D eigenvalue weighted by Gasteiger charge is 2.18. The lowest BCUT2D eigenvalue weighted by molar-refractivity contribution is 1.18. The maximum atomic E-state index is 9.52. The van der Waals surface area contributed by atoms with E-state index in [1.54, 1.807) is 12.1 Å². The van der Waals surface area contributed by atoms with Crippen LogP contribution in [-0.2, 0) is 0 Å². The van der Waals surface area contributed by atoms with Gasteiger partial charge in [-0.1, -0.05) is 54.6 Å². The number of aromatic nitrogens is 2. The van der Waals surface area contributed by atoms with Crippen LogP contribution in [-0.4, -0.2) is 9.13 Å². The molecule has 0 saturated carbocycles. The van der Waals surface area contributed by atoms with E-state index >= 15 is 0 Å². The Kier molecular flexibility index (Phi) is 4.09. The number of para-hydroxylation sites is 2. The van der Waals surface area contributed by atoms with E-state index in [1.807, 2.05) is 25.1 Å². The fraction of sp³-hybridized carbons (Fsp3) is 0.0345. The number of fused-ring (bicyclic) bond motifs is 6. The molecule has 6 rings (SSSR count). The molecule has 0 aliphatic rings. The van der Waals surface area contributed by atoms with Gasteiger partial charge in [-0.25, -0.2) is 4.85 Å². The zero-order valence-corrected chi connectivity index (χ0v) is 17.9. The molecule has 0 unspecified atom stereocenters. The first-order valence-corrected chi connectivity index (χ1v) is 10.8. The largest absolute Gasteiger partial charge is 0.319 e. The van der Waals surface area contributed by atoms with E-state index in [2.05, 4.69) is 80.9 Å². The zero-order valence-electron chi connectivity index (χ0n) is 17.9. The van der Waals surface area contributed by atoms with Gasteiger partial charge in [0.15, 0.2) is 0 Å². The van der Waals surface area contributed by atoms with Gasteiger partial charge in [0, 0.05) is 27.7 Å². The highest BCUT2D eigenvalue weighted by atomic mass is 15.0. The smallest absolute Gasteiger partial charge is 0.210 e. The number of allylic oxidation sites excluding steroid dienone is 1. The Morgan fingerprint density at radius 1 is 0.788 bits per heavy atom. The SMILES string of the molecule is [C-]#[N+]c1ccc(C#N)cc1-n1c2ccccc2c2cc3c(cc21)c1ccccc1n3/C=C/C. The summed E-state index contributed by atoms with van der Waals surface area (Å²) in [6.07, 6.45) is 4.15. The van der Waals surface area contributed by atoms with Crippen LogP contribution in [0.1, 0.15) is 12.5 Å². The molecule has 6 aromatic rings. The average Bonchev–Trinajstić information content (AvgIpc) is 3.35. The Bertz CT molecular complexity index is 1850. The summed E-state index contributed by atoms with van der Waals surface area (Å²) in [4.78, 5) is 3.76. The molecule has 0 atom stereocenters. The molecule has 4 heteroatoms. The van der Waals surface area contributed by atoms with Gasteiger partial charge in [-0.15, -0.1) is 0 Å². The number of rotatable bonds is 2. The molecule has 2 aromatic heterocycles. The second-order valence-corrected chi connectivity index (χ2v) is 8.04. The van der Waals surface area contributed by atoms with Crippen molar-refractivity contribution in [3.8, 4) is 11.8 Å². The lowest BCUT2D eigenvalue weighted by atomic mass is 10.1. The van der Waals surface area contributed by atoms with Crippen LogP contribution in [0, 0.1) is 17.9 Å². The molecule has 0 bridgehead atoms. The fourth-order valence-electron chi connectivity index (χ4n) is 4.90. The first kappa shape index (κ1) is 18.9. The third kappa shape index (κ3) is 2.62. The molecule has 0 aliphatic carbocycles. The van der Waals surface area contributed by atoms with Crippen LogP contribution in [0.4, 0.5) is 5.69 Å². The van der Waals surface area contributed by atoms with Gasteiger partial charge in [0.25, 0.3) is 0 Å². The summed E-state index contributed by atoms with van der Waals surface area (Å²) in [6.45, 7) is 9.76. The minimum absolute atomic E-state index is 0.521. The highest BCUT2D eigenvalue weighted by Crippen LogP contribution is 2.40. The Balaban J connectivity index is 1.85. The van der Waals surface area contributed by atoms with Crippen molar-refractivity contribution in [2.24, 2.45) is 0 Å². The summed E-state index contributed by atoms with van der Waals surface area (Å²) in [5.41, 5.74) is 6.12. The monoisotopic (exact) mass is 422 g/mol. The van der Waals surface area contributed by atoms with Crippen LogP contribution in [0.2, 0.25) is 0 Å². The number of hydrogen-bond acceptors (Lipinski definition) is 1. The van der Waals surface area contributed by atoms with E-state index in [-0.39, 0.29) is 0 Å². The number of benzene rings is 4. The first-order chi connectivity index (χ1) is 16.2. The molecule has 0 amide bonds. The van der Waals surface area contributed by atoms with E-state index in [1.165, 1.54) is 5.39 Å². The van der Waals surface area contributed by atoms with Crippen molar-refractivity contribution in [2.75, 3.05) is 0 Å². The van der Waals surface area contributed by atoms with E-state index in [0.29, 0.717) is 11.3 Å². The van der Waals surface area contributed by atoms with Crippen LogP contribution in [0.25, 0.3) is 60.3 Å². The summed E-state index contributed by atoms with van der Waals surface area (Å²) in [5, 5.41) is 14.1. The predicted octanol–water partition coefficient (Wildman–Crippen LogP) is 7.80. The third-order valence-electron chi connectivity index (χ3n) is 6.27. The normalized spacial score (nSPS) is 11.6. The molecule has 0 N–H and O–H groups in total. The first-order valence-electron chi connectivity index (χ1n) is 10.8. The molecule has 154 valence electrons. The quantitative estimate of drug-likeness (QED) is 0.262. The van der Waals surface area contributed by atoms with E-state index < -0.39 is 0 Å². The molecule has 0 saturated heterocycles. The highest BCUT2D eigenvalue weighted by molar-refractivity contribution is 6.19. The van der Waals surface area contributed by atoms with Crippen LogP contribution in [0.15, 0.2) is 84.9 Å². The molecular formula is C29H18N4. The molecule has 0 spiro atoms. The number of nitrogens with zero attached hydrogens (tertiary/aromatic N) is 4. The Hall–Kier alpha value is -4.80. The topological polar surface area (TPSA) is 38.0 Å². The summed E-state index contributed by atoms with van der Waals surface area (Å²) in [5.74, 6) is 0. The van der Waals surface area contributed by atoms with Gasteiger partial charge in [0.05, 0.1) is 46.0 Å². The van der Waals surface area contributed by atoms with Crippen LogP contribution in [0.3, 0.4) is 0 Å². The summed E-state index contributed by atoms with van der Waals surface area (Å²) < 4.78 is 4.36. The standard InChI is InChI=1S/C29H18N4/c1-3-14-32-25-10-6-4-8-20(25)22-17-28-23(16-27(22)32)21-9-5-7-11-26(21)33(28)29-15-19(18-30)12-13-24(29)31-2/h3-17H,1H3/b14-3+. The van der Waals surface area contributed by atoms with Gasteiger partial charge in [0.2, 0.25) is 5.69 Å². The van der Waals surface area contributed by atoms with Crippen molar-refractivity contribution in [3.63, 3.8) is 0 Å². The van der Waals surface area contributed by atoms with Crippen molar-refractivity contribution in [2.45, 2.75) is 6.92 Å². The van der Waals surface area contributed by atoms with Crippen LogP contribution in [0.5, 0.6) is 0 Å². The maximum Gasteiger partial charge on any atom is 0.210 e. The van der Waals surface area contributed by atoms with Crippen molar-refractivity contribution in [1.29, 1.82) is 5.26 Å². The second kappa shape index (κ2) is 7.12. The lowest BCUT2D eigenvalue weighted by Gasteiger charge is -2.11. The van der Waals surface area contributed by atoms with Gasteiger partial charge in [-0.2, -0.15) is 5.26 Å². The fourth-order valence-corrected chi connectivity index (χ4v) is 4.90. The van der Waals surface area contributed by atoms with Gasteiger partial charge < -0.3 is 9.13 Å². The second-order valence-electron chi connectivity index (χ2n) is 8.04. The summed E-state index contributed by atoms with van der Waals surface area (Å²) in [6, 6.07) is 28.6. The van der Waals surface area contributed by atoms with Gasteiger partial charge in [-0.05, 0) is 37.3 Å². The van der Waals surface area contributed by atoms with Gasteiger partial charge >= 0.3 is 0 Å². The van der Waals surface area contributed by atoms with Crippen molar-refractivity contribution < 1.29 is 0 Å².